The van der Waals surface area contributed by atoms with Gasteiger partial charge in [-0.25, -0.2) is 4.79 Å². The zero-order valence-corrected chi connectivity index (χ0v) is 15.8. The van der Waals surface area contributed by atoms with Crippen LogP contribution in [0.2, 0.25) is 0 Å². The minimum Gasteiger partial charge on any atom is -0.458 e. The first-order valence-electron chi connectivity index (χ1n) is 8.87. The fourth-order valence-corrected chi connectivity index (χ4v) is 2.49. The summed E-state index contributed by atoms with van der Waals surface area (Å²) >= 11 is 0. The third-order valence-electron chi connectivity index (χ3n) is 3.84. The number of ether oxygens (including phenoxy) is 1. The van der Waals surface area contributed by atoms with E-state index in [0.29, 0.717) is 0 Å². The van der Waals surface area contributed by atoms with Crippen molar-refractivity contribution in [3.63, 3.8) is 0 Å². The van der Waals surface area contributed by atoms with Gasteiger partial charge in [0.15, 0.2) is 5.60 Å². The number of benzene rings is 1. The number of nitrogens with one attached hydrogen (secondary N) is 1. The summed E-state index contributed by atoms with van der Waals surface area (Å²) in [4.78, 5) is 12.1. The lowest BCUT2D eigenvalue weighted by atomic mass is 10.00. The molecule has 2 N–H and O–H groups in total. The molecular formula is C20H33NO3. The molecule has 0 aromatic heterocycles. The number of rotatable bonds is 9. The maximum atomic E-state index is 12.1. The molecule has 0 saturated heterocycles. The molecular weight excluding hydrogens is 302 g/mol. The number of carbonyl (C=O) groups is 1. The highest BCUT2D eigenvalue weighted by Crippen LogP contribution is 2.15. The van der Waals surface area contributed by atoms with Crippen molar-refractivity contribution >= 4 is 5.97 Å². The summed E-state index contributed by atoms with van der Waals surface area (Å²) in [5.41, 5.74) is -0.817. The van der Waals surface area contributed by atoms with E-state index in [1.807, 2.05) is 18.2 Å². The number of hydrogen-bond acceptors (Lipinski definition) is 4. The summed E-state index contributed by atoms with van der Waals surface area (Å²) in [5, 5.41) is 13.8. The molecule has 136 valence electrons. The Kier molecular flexibility index (Phi) is 7.91. The normalized spacial score (nSPS) is 15.6. The van der Waals surface area contributed by atoms with Gasteiger partial charge in [-0.2, -0.15) is 0 Å². The van der Waals surface area contributed by atoms with E-state index >= 15 is 0 Å². The SMILES string of the molecule is CCC[C@H](CCc1ccccc1)NC[C@@](C)(O)C(=O)OC(C)(C)C. The highest BCUT2D eigenvalue weighted by atomic mass is 16.6. The van der Waals surface area contributed by atoms with Crippen LogP contribution in [0.1, 0.15) is 59.4 Å². The van der Waals surface area contributed by atoms with Crippen molar-refractivity contribution in [1.29, 1.82) is 0 Å². The number of aliphatic hydroxyl groups is 1. The van der Waals surface area contributed by atoms with E-state index in [4.69, 9.17) is 4.74 Å². The van der Waals surface area contributed by atoms with Crippen LogP contribution < -0.4 is 5.32 Å². The Morgan fingerprint density at radius 2 is 1.79 bits per heavy atom. The summed E-state index contributed by atoms with van der Waals surface area (Å²) in [6.07, 6.45) is 4.02. The Hall–Kier alpha value is -1.39. The Morgan fingerprint density at radius 3 is 2.33 bits per heavy atom. The van der Waals surface area contributed by atoms with Crippen LogP contribution in [0.15, 0.2) is 30.3 Å². The van der Waals surface area contributed by atoms with E-state index in [1.165, 1.54) is 12.5 Å². The summed E-state index contributed by atoms with van der Waals surface area (Å²) in [6, 6.07) is 10.6. The Labute approximate surface area is 146 Å². The van der Waals surface area contributed by atoms with Crippen molar-refractivity contribution in [1.82, 2.24) is 5.32 Å². The average Bonchev–Trinajstić information content (AvgIpc) is 2.49. The molecule has 1 rings (SSSR count). The van der Waals surface area contributed by atoms with Crippen LogP contribution in [0.4, 0.5) is 0 Å². The molecule has 0 spiro atoms. The summed E-state index contributed by atoms with van der Waals surface area (Å²) in [7, 11) is 0. The molecule has 0 radical (unpaired) electrons. The first-order valence-corrected chi connectivity index (χ1v) is 8.87. The molecule has 0 amide bonds. The summed E-state index contributed by atoms with van der Waals surface area (Å²) in [6.45, 7) is 9.25. The lowest BCUT2D eigenvalue weighted by molar-refractivity contribution is -0.175. The molecule has 4 heteroatoms. The first kappa shape index (κ1) is 20.7. The Bertz CT molecular complexity index is 491. The lowest BCUT2D eigenvalue weighted by Crippen LogP contribution is -2.50. The number of hydrogen-bond donors (Lipinski definition) is 2. The topological polar surface area (TPSA) is 58.6 Å². The molecule has 0 aliphatic rings. The average molecular weight is 335 g/mol. The van der Waals surface area contributed by atoms with E-state index in [-0.39, 0.29) is 12.6 Å². The van der Waals surface area contributed by atoms with Gasteiger partial charge in [-0.15, -0.1) is 0 Å². The van der Waals surface area contributed by atoms with Gasteiger partial charge in [-0.3, -0.25) is 0 Å². The van der Waals surface area contributed by atoms with E-state index in [9.17, 15) is 9.90 Å². The van der Waals surface area contributed by atoms with Crippen molar-refractivity contribution in [2.75, 3.05) is 6.54 Å². The number of carbonyl (C=O) groups excluding carboxylic acids is 1. The highest BCUT2D eigenvalue weighted by molar-refractivity contribution is 5.79. The van der Waals surface area contributed by atoms with Gasteiger partial charge >= 0.3 is 5.97 Å². The largest absolute Gasteiger partial charge is 0.458 e. The van der Waals surface area contributed by atoms with Crippen LogP contribution in [0.5, 0.6) is 0 Å². The molecule has 0 heterocycles. The van der Waals surface area contributed by atoms with Crippen LogP contribution >= 0.6 is 0 Å². The molecule has 0 saturated carbocycles. The second kappa shape index (κ2) is 9.19. The predicted octanol–water partition coefficient (Wildman–Crippen LogP) is 3.47. The van der Waals surface area contributed by atoms with Crippen LogP contribution in [-0.4, -0.2) is 34.9 Å². The Balaban J connectivity index is 2.53. The molecule has 2 atom stereocenters. The molecule has 0 aliphatic carbocycles. The van der Waals surface area contributed by atoms with Crippen LogP contribution in [-0.2, 0) is 16.0 Å². The third kappa shape index (κ3) is 7.93. The summed E-state index contributed by atoms with van der Waals surface area (Å²) < 4.78 is 5.30. The maximum absolute atomic E-state index is 12.1. The van der Waals surface area contributed by atoms with Gasteiger partial charge < -0.3 is 15.2 Å². The van der Waals surface area contributed by atoms with Gasteiger partial charge in [0.1, 0.15) is 5.60 Å². The van der Waals surface area contributed by atoms with Crippen molar-refractivity contribution in [2.24, 2.45) is 0 Å². The van der Waals surface area contributed by atoms with Crippen LogP contribution in [0.3, 0.4) is 0 Å². The summed E-state index contributed by atoms with van der Waals surface area (Å²) in [5.74, 6) is -0.583. The molecule has 1 aromatic rings. The van der Waals surface area contributed by atoms with Crippen LogP contribution in [0.25, 0.3) is 0 Å². The molecule has 0 bridgehead atoms. The van der Waals surface area contributed by atoms with Gasteiger partial charge in [0.2, 0.25) is 0 Å². The van der Waals surface area contributed by atoms with E-state index in [2.05, 4.69) is 24.4 Å². The van der Waals surface area contributed by atoms with Gasteiger partial charge in [0, 0.05) is 12.6 Å². The highest BCUT2D eigenvalue weighted by Gasteiger charge is 2.35. The standard InChI is InChI=1S/C20H33NO3/c1-6-10-17(14-13-16-11-8-7-9-12-16)21-15-20(5,23)18(22)24-19(2,3)4/h7-9,11-12,17,21,23H,6,10,13-15H2,1-5H3/t17-,20-/m1/s1. The predicted molar refractivity (Wildman–Crippen MR) is 97.9 cm³/mol. The van der Waals surface area contributed by atoms with Gasteiger partial charge in [-0.05, 0) is 52.5 Å². The number of esters is 1. The molecule has 4 nitrogen and oxygen atoms in total. The molecule has 24 heavy (non-hydrogen) atoms. The van der Waals surface area contributed by atoms with Crippen molar-refractivity contribution < 1.29 is 14.6 Å². The minimum absolute atomic E-state index is 0.196. The lowest BCUT2D eigenvalue weighted by Gasteiger charge is -2.29. The quantitative estimate of drug-likeness (QED) is 0.679. The van der Waals surface area contributed by atoms with E-state index in [1.54, 1.807) is 20.8 Å². The zero-order chi connectivity index (χ0) is 18.2. The van der Waals surface area contributed by atoms with E-state index in [0.717, 1.165) is 25.7 Å². The molecule has 0 fully saturated rings. The molecule has 1 aromatic carbocycles. The monoisotopic (exact) mass is 335 g/mol. The van der Waals surface area contributed by atoms with Gasteiger partial charge in [-0.1, -0.05) is 43.7 Å². The van der Waals surface area contributed by atoms with E-state index < -0.39 is 17.2 Å². The Morgan fingerprint density at radius 1 is 1.17 bits per heavy atom. The first-order chi connectivity index (χ1) is 11.1. The van der Waals surface area contributed by atoms with Gasteiger partial charge in [0.25, 0.3) is 0 Å². The van der Waals surface area contributed by atoms with Crippen molar-refractivity contribution in [3.8, 4) is 0 Å². The third-order valence-corrected chi connectivity index (χ3v) is 3.84. The van der Waals surface area contributed by atoms with Crippen molar-refractivity contribution in [2.45, 2.75) is 77.5 Å². The second-order valence-corrected chi connectivity index (χ2v) is 7.67. The van der Waals surface area contributed by atoms with Crippen molar-refractivity contribution in [3.05, 3.63) is 35.9 Å². The minimum atomic E-state index is -1.52. The fraction of sp³-hybridized carbons (Fsp3) is 0.650. The number of aryl methyl sites for hydroxylation is 1. The zero-order valence-electron chi connectivity index (χ0n) is 15.8. The molecule has 0 aliphatic heterocycles. The maximum Gasteiger partial charge on any atom is 0.339 e. The van der Waals surface area contributed by atoms with Crippen LogP contribution in [0, 0.1) is 0 Å². The second-order valence-electron chi connectivity index (χ2n) is 7.67. The smallest absolute Gasteiger partial charge is 0.339 e. The fourth-order valence-electron chi connectivity index (χ4n) is 2.49. The molecule has 0 unspecified atom stereocenters. The van der Waals surface area contributed by atoms with Gasteiger partial charge in [0.05, 0.1) is 0 Å².